The largest absolute Gasteiger partial charge is 0.472 e. The molecule has 5 aliphatic heterocycles. The van der Waals surface area contributed by atoms with Crippen LogP contribution in [0.2, 0.25) is 10.0 Å². The molecule has 8 rings (SSSR count). The van der Waals surface area contributed by atoms with Gasteiger partial charge in [-0.25, -0.2) is 14.0 Å². The Morgan fingerprint density at radius 2 is 1.54 bits per heavy atom. The van der Waals surface area contributed by atoms with Crippen molar-refractivity contribution >= 4 is 52.5 Å². The van der Waals surface area contributed by atoms with Crippen molar-refractivity contribution in [2.24, 2.45) is 0 Å². The van der Waals surface area contributed by atoms with Crippen molar-refractivity contribution in [2.75, 3.05) is 49.9 Å². The second-order valence-corrected chi connectivity index (χ2v) is 16.5. The first-order valence-electron chi connectivity index (χ1n) is 18.4. The minimum atomic E-state index is -0.611. The van der Waals surface area contributed by atoms with Gasteiger partial charge in [-0.15, -0.1) is 0 Å². The van der Waals surface area contributed by atoms with Crippen molar-refractivity contribution in [3.63, 3.8) is 0 Å². The third kappa shape index (κ3) is 6.60. The van der Waals surface area contributed by atoms with E-state index in [4.69, 9.17) is 42.1 Å². The summed E-state index contributed by atoms with van der Waals surface area (Å²) in [6, 6.07) is 12.0. The number of hydrogen-bond donors (Lipinski definition) is 0. The lowest BCUT2D eigenvalue weighted by Crippen LogP contribution is -2.56. The maximum absolute atomic E-state index is 16.0. The number of rotatable bonds is 5. The number of anilines is 2. The Morgan fingerprint density at radius 1 is 0.889 bits per heavy atom. The number of ether oxygens (including phenoxy) is 4. The Morgan fingerprint density at radius 3 is 2.17 bits per heavy atom. The van der Waals surface area contributed by atoms with Crippen LogP contribution in [0, 0.1) is 5.82 Å². The van der Waals surface area contributed by atoms with E-state index < -0.39 is 23.3 Å². The smallest absolute Gasteiger partial charge is 0.410 e. The first kappa shape index (κ1) is 36.7. The van der Waals surface area contributed by atoms with E-state index in [1.807, 2.05) is 31.7 Å². The lowest BCUT2D eigenvalue weighted by molar-refractivity contribution is 0.0122. The van der Waals surface area contributed by atoms with Crippen LogP contribution in [-0.2, 0) is 20.8 Å². The molecular weight excluding hydrogens is 738 g/mol. The van der Waals surface area contributed by atoms with E-state index in [9.17, 15) is 14.4 Å². The Hall–Kier alpha value is -4.26. The molecule has 0 N–H and O–H groups in total. The SMILES string of the molecule is COC(=O)c1cc(F)c(-c2cccc3c2OCN(C(=O)c2c(Cl)cc(N4CC5CCC(C4)N5C(=O)OC(C)(C)C)cc2Cl)C3)cc1N1C2CCC1COC2. The molecule has 4 atom stereocenters. The van der Waals surface area contributed by atoms with Gasteiger partial charge in [0.15, 0.2) is 6.73 Å². The molecule has 0 aromatic heterocycles. The van der Waals surface area contributed by atoms with Crippen LogP contribution in [0.15, 0.2) is 42.5 Å². The molecule has 5 heterocycles. The van der Waals surface area contributed by atoms with Crippen LogP contribution < -0.4 is 14.5 Å². The van der Waals surface area contributed by atoms with Gasteiger partial charge in [-0.1, -0.05) is 41.4 Å². The Kier molecular flexibility index (Phi) is 9.59. The Labute approximate surface area is 323 Å². The topological polar surface area (TPSA) is 101 Å². The fourth-order valence-electron chi connectivity index (χ4n) is 8.72. The maximum atomic E-state index is 16.0. The summed E-state index contributed by atoms with van der Waals surface area (Å²) >= 11 is 13.6. The summed E-state index contributed by atoms with van der Waals surface area (Å²) in [7, 11) is 1.29. The van der Waals surface area contributed by atoms with Crippen molar-refractivity contribution in [2.45, 2.75) is 82.8 Å². The van der Waals surface area contributed by atoms with Gasteiger partial charge in [0.1, 0.15) is 17.2 Å². The molecular formula is C40H43Cl2FN4O7. The quantitative estimate of drug-likeness (QED) is 0.243. The summed E-state index contributed by atoms with van der Waals surface area (Å²) in [5, 5.41) is 0.419. The predicted octanol–water partition coefficient (Wildman–Crippen LogP) is 7.53. The molecule has 11 nitrogen and oxygen atoms in total. The van der Waals surface area contributed by atoms with E-state index in [1.54, 1.807) is 30.3 Å². The molecule has 4 saturated heterocycles. The van der Waals surface area contributed by atoms with Crippen LogP contribution in [-0.4, -0.2) is 97.7 Å². The number of esters is 1. The fraction of sp³-hybridized carbons (Fsp3) is 0.475. The number of hydrogen-bond acceptors (Lipinski definition) is 9. The van der Waals surface area contributed by atoms with Crippen molar-refractivity contribution < 1.29 is 37.7 Å². The molecule has 0 radical (unpaired) electrons. The highest BCUT2D eigenvalue weighted by Gasteiger charge is 2.45. The van der Waals surface area contributed by atoms with Crippen LogP contribution in [0.1, 0.15) is 72.7 Å². The van der Waals surface area contributed by atoms with Gasteiger partial charge in [0.05, 0.1) is 77.9 Å². The molecule has 2 amide bonds. The minimum absolute atomic E-state index is 0.00625. The highest BCUT2D eigenvalue weighted by atomic mass is 35.5. The first-order chi connectivity index (χ1) is 25.8. The van der Waals surface area contributed by atoms with E-state index in [0.29, 0.717) is 48.9 Å². The van der Waals surface area contributed by atoms with Crippen LogP contribution in [0.4, 0.5) is 20.6 Å². The molecule has 0 spiro atoms. The first-order valence-corrected chi connectivity index (χ1v) is 19.1. The normalized spacial score (nSPS) is 23.2. The molecule has 3 aromatic rings. The zero-order valence-corrected chi connectivity index (χ0v) is 32.2. The number of carbonyl (C=O) groups is 3. The lowest BCUT2D eigenvalue weighted by Gasteiger charge is -2.42. The molecule has 0 aliphatic carbocycles. The summed E-state index contributed by atoms with van der Waals surface area (Å²) in [4.78, 5) is 47.5. The van der Waals surface area contributed by atoms with E-state index in [1.165, 1.54) is 18.1 Å². The third-order valence-corrected chi connectivity index (χ3v) is 11.7. The second kappa shape index (κ2) is 14.1. The minimum Gasteiger partial charge on any atom is -0.472 e. The molecule has 0 saturated carbocycles. The third-order valence-electron chi connectivity index (χ3n) is 11.1. The average Bonchev–Trinajstić information content (AvgIpc) is 3.54. The molecule has 286 valence electrons. The predicted molar refractivity (Wildman–Crippen MR) is 202 cm³/mol. The van der Waals surface area contributed by atoms with Crippen molar-refractivity contribution in [3.8, 4) is 16.9 Å². The van der Waals surface area contributed by atoms with E-state index in [2.05, 4.69) is 9.80 Å². The zero-order chi connectivity index (χ0) is 38.1. The highest BCUT2D eigenvalue weighted by molar-refractivity contribution is 6.40. The van der Waals surface area contributed by atoms with E-state index >= 15 is 4.39 Å². The van der Waals surface area contributed by atoms with Crippen molar-refractivity contribution in [1.82, 2.24) is 9.80 Å². The van der Waals surface area contributed by atoms with Crippen molar-refractivity contribution in [1.29, 1.82) is 0 Å². The number of amides is 2. The standard InChI is InChI=1S/C40H43Cl2FN4O7/c1-40(2,3)54-39(50)47-23-8-9-24(47)18-44(17-23)27-12-31(41)35(32(42)13-27)37(48)45-16-22-6-5-7-28(36(22)53-21-45)29-15-34(30(14-33(29)43)38(49)51-4)46-25-10-11-26(46)20-52-19-25/h5-7,12-15,23-26H,8-11,16-21H2,1-4H3. The number of nitrogens with zero attached hydrogens (tertiary/aromatic N) is 4. The average molecular weight is 782 g/mol. The number of benzene rings is 3. The molecule has 5 aliphatic rings. The molecule has 14 heteroatoms. The monoisotopic (exact) mass is 780 g/mol. The second-order valence-electron chi connectivity index (χ2n) is 15.7. The molecule has 4 bridgehead atoms. The van der Waals surface area contributed by atoms with Gasteiger partial charge >= 0.3 is 12.1 Å². The Balaban J connectivity index is 1.02. The van der Waals surface area contributed by atoms with Crippen LogP contribution in [0.3, 0.4) is 0 Å². The number of carbonyl (C=O) groups excluding carboxylic acids is 3. The number of morpholine rings is 1. The zero-order valence-electron chi connectivity index (χ0n) is 30.7. The van der Waals surface area contributed by atoms with Crippen LogP contribution in [0.25, 0.3) is 11.1 Å². The summed E-state index contributed by atoms with van der Waals surface area (Å²) in [5.74, 6) is -1.15. The van der Waals surface area contributed by atoms with Gasteiger partial charge in [0.2, 0.25) is 0 Å². The summed E-state index contributed by atoms with van der Waals surface area (Å²) < 4.78 is 38.7. The van der Waals surface area contributed by atoms with Crippen molar-refractivity contribution in [3.05, 3.63) is 75.0 Å². The number of halogens is 3. The molecule has 4 fully saturated rings. The number of fused-ring (bicyclic) bond motifs is 5. The van der Waals surface area contributed by atoms with Gasteiger partial charge in [-0.3, -0.25) is 9.69 Å². The molecule has 4 unspecified atom stereocenters. The number of methoxy groups -OCH3 is 1. The van der Waals surface area contributed by atoms with Gasteiger partial charge < -0.3 is 33.6 Å². The van der Waals surface area contributed by atoms with E-state index in [-0.39, 0.29) is 70.3 Å². The maximum Gasteiger partial charge on any atom is 0.410 e. The molecule has 3 aromatic carbocycles. The number of para-hydroxylation sites is 1. The van der Waals surface area contributed by atoms with Gasteiger partial charge in [0.25, 0.3) is 5.91 Å². The van der Waals surface area contributed by atoms with Gasteiger partial charge in [-0.05, 0) is 70.7 Å². The lowest BCUT2D eigenvalue weighted by atomic mass is 9.96. The summed E-state index contributed by atoms with van der Waals surface area (Å²) in [5.41, 5.74) is 2.59. The summed E-state index contributed by atoms with van der Waals surface area (Å²) in [6.45, 7) is 7.90. The van der Waals surface area contributed by atoms with Crippen LogP contribution >= 0.6 is 23.2 Å². The fourth-order valence-corrected chi connectivity index (χ4v) is 9.36. The summed E-state index contributed by atoms with van der Waals surface area (Å²) in [6.07, 6.45) is 3.28. The highest BCUT2D eigenvalue weighted by Crippen LogP contribution is 2.44. The Bertz CT molecular complexity index is 1970. The molecule has 54 heavy (non-hydrogen) atoms. The van der Waals surface area contributed by atoms with Gasteiger partial charge in [-0.2, -0.15) is 0 Å². The van der Waals surface area contributed by atoms with Gasteiger partial charge in [0, 0.05) is 35.5 Å². The number of piperazine rings is 1. The van der Waals surface area contributed by atoms with E-state index in [0.717, 1.165) is 31.4 Å². The van der Waals surface area contributed by atoms with Crippen LogP contribution in [0.5, 0.6) is 5.75 Å².